The molecule has 1 aromatic carbocycles. The molecule has 0 saturated carbocycles. The number of fused-ring (bicyclic) bond motifs is 1. The number of benzene rings is 1. The highest BCUT2D eigenvalue weighted by molar-refractivity contribution is 5.82. The van der Waals surface area contributed by atoms with Crippen LogP contribution in [0.15, 0.2) is 24.3 Å². The van der Waals surface area contributed by atoms with E-state index in [9.17, 15) is 0 Å². The number of para-hydroxylation sites is 1. The van der Waals surface area contributed by atoms with Gasteiger partial charge in [0.25, 0.3) is 0 Å². The number of aromatic nitrogens is 1. The maximum Gasteiger partial charge on any atom is 0.0777 e. The second-order valence-corrected chi connectivity index (χ2v) is 3.73. The summed E-state index contributed by atoms with van der Waals surface area (Å²) in [6, 6.07) is 10.4. The van der Waals surface area contributed by atoms with Crippen LogP contribution in [0.5, 0.6) is 0 Å². The first-order valence-electron chi connectivity index (χ1n) is 4.95. The minimum atomic E-state index is 0.385. The molecule has 1 aromatic heterocycles. The van der Waals surface area contributed by atoms with Crippen LogP contribution in [0.3, 0.4) is 0 Å². The molecule has 0 N–H and O–H groups in total. The SMILES string of the molecule is Cc1cc2cccc(C)c2nc1CC#N. The van der Waals surface area contributed by atoms with Crippen LogP contribution in [-0.2, 0) is 6.42 Å². The zero-order valence-corrected chi connectivity index (χ0v) is 8.91. The van der Waals surface area contributed by atoms with Crippen LogP contribution >= 0.6 is 0 Å². The molecule has 0 unspecified atom stereocenters. The Morgan fingerprint density at radius 3 is 2.80 bits per heavy atom. The number of rotatable bonds is 1. The molecule has 0 aliphatic heterocycles. The predicted octanol–water partition coefficient (Wildman–Crippen LogP) is 2.92. The standard InChI is InChI=1S/C13H12N2/c1-9-4-3-5-11-8-10(2)12(6-7-14)15-13(9)11/h3-5,8H,6H2,1-2H3. The Bertz CT molecular complexity index is 550. The monoisotopic (exact) mass is 196 g/mol. The molecule has 0 aliphatic carbocycles. The number of aryl methyl sites for hydroxylation is 2. The Balaban J connectivity index is 2.73. The van der Waals surface area contributed by atoms with Gasteiger partial charge in [0.05, 0.1) is 23.7 Å². The van der Waals surface area contributed by atoms with Crippen molar-refractivity contribution in [3.63, 3.8) is 0 Å². The van der Waals surface area contributed by atoms with Crippen molar-refractivity contribution in [1.82, 2.24) is 4.98 Å². The lowest BCUT2D eigenvalue weighted by molar-refractivity contribution is 1.10. The number of nitrogens with zero attached hydrogens (tertiary/aromatic N) is 2. The third-order valence-corrected chi connectivity index (χ3v) is 2.59. The van der Waals surface area contributed by atoms with Crippen LogP contribution in [0.25, 0.3) is 10.9 Å². The number of nitriles is 1. The fraction of sp³-hybridized carbons (Fsp3) is 0.231. The second kappa shape index (κ2) is 3.70. The summed E-state index contributed by atoms with van der Waals surface area (Å²) in [5.41, 5.74) is 4.15. The summed E-state index contributed by atoms with van der Waals surface area (Å²) in [5, 5.41) is 9.84. The summed E-state index contributed by atoms with van der Waals surface area (Å²) in [5.74, 6) is 0. The van der Waals surface area contributed by atoms with Crippen molar-refractivity contribution in [2.24, 2.45) is 0 Å². The molecule has 1 heterocycles. The highest BCUT2D eigenvalue weighted by atomic mass is 14.7. The Hall–Kier alpha value is -1.88. The summed E-state index contributed by atoms with van der Waals surface area (Å²) in [4.78, 5) is 4.54. The minimum absolute atomic E-state index is 0.385. The van der Waals surface area contributed by atoms with Crippen molar-refractivity contribution >= 4 is 10.9 Å². The van der Waals surface area contributed by atoms with Crippen molar-refractivity contribution in [2.75, 3.05) is 0 Å². The molecular formula is C13H12N2. The van der Waals surface area contributed by atoms with Crippen LogP contribution < -0.4 is 0 Å². The Kier molecular flexibility index (Phi) is 2.39. The van der Waals surface area contributed by atoms with E-state index in [1.54, 1.807) is 0 Å². The van der Waals surface area contributed by atoms with E-state index in [1.165, 1.54) is 0 Å². The van der Waals surface area contributed by atoms with E-state index in [1.807, 2.05) is 26.0 Å². The van der Waals surface area contributed by atoms with E-state index in [-0.39, 0.29) is 0 Å². The van der Waals surface area contributed by atoms with Gasteiger partial charge in [-0.05, 0) is 31.0 Å². The largest absolute Gasteiger partial charge is 0.251 e. The van der Waals surface area contributed by atoms with Crippen LogP contribution in [0.1, 0.15) is 16.8 Å². The second-order valence-electron chi connectivity index (χ2n) is 3.73. The molecule has 0 bridgehead atoms. The molecule has 0 saturated heterocycles. The highest BCUT2D eigenvalue weighted by Crippen LogP contribution is 2.19. The van der Waals surface area contributed by atoms with Gasteiger partial charge in [-0.25, -0.2) is 0 Å². The van der Waals surface area contributed by atoms with Gasteiger partial charge in [-0.3, -0.25) is 4.98 Å². The van der Waals surface area contributed by atoms with Gasteiger partial charge < -0.3 is 0 Å². The summed E-state index contributed by atoms with van der Waals surface area (Å²) in [7, 11) is 0. The smallest absolute Gasteiger partial charge is 0.0777 e. The van der Waals surface area contributed by atoms with Crippen LogP contribution in [0.2, 0.25) is 0 Å². The molecule has 0 aliphatic rings. The Labute approximate surface area is 89.2 Å². The average Bonchev–Trinajstić information content (AvgIpc) is 2.21. The highest BCUT2D eigenvalue weighted by Gasteiger charge is 2.04. The third-order valence-electron chi connectivity index (χ3n) is 2.59. The molecule has 2 nitrogen and oxygen atoms in total. The zero-order chi connectivity index (χ0) is 10.8. The molecule has 74 valence electrons. The van der Waals surface area contributed by atoms with Crippen molar-refractivity contribution in [3.8, 4) is 6.07 Å². The van der Waals surface area contributed by atoms with Crippen molar-refractivity contribution in [2.45, 2.75) is 20.3 Å². The van der Waals surface area contributed by atoms with Crippen molar-refractivity contribution < 1.29 is 0 Å². The van der Waals surface area contributed by atoms with Crippen LogP contribution in [0.4, 0.5) is 0 Å². The first kappa shape index (κ1) is 9.67. The predicted molar refractivity (Wildman–Crippen MR) is 60.5 cm³/mol. The molecule has 0 fully saturated rings. The average molecular weight is 196 g/mol. The quantitative estimate of drug-likeness (QED) is 0.703. The lowest BCUT2D eigenvalue weighted by Gasteiger charge is -2.06. The first-order valence-corrected chi connectivity index (χ1v) is 4.95. The molecule has 2 aromatic rings. The maximum absolute atomic E-state index is 8.70. The van der Waals surface area contributed by atoms with Crippen LogP contribution in [0, 0.1) is 25.2 Å². The number of hydrogen-bond donors (Lipinski definition) is 0. The summed E-state index contributed by atoms with van der Waals surface area (Å²) < 4.78 is 0. The van der Waals surface area contributed by atoms with Gasteiger partial charge in [0.15, 0.2) is 0 Å². The lowest BCUT2D eigenvalue weighted by Crippen LogP contribution is -1.94. The van der Waals surface area contributed by atoms with Crippen molar-refractivity contribution in [3.05, 3.63) is 41.1 Å². The molecule has 0 amide bonds. The topological polar surface area (TPSA) is 36.7 Å². The first-order chi connectivity index (χ1) is 7.22. The molecule has 2 rings (SSSR count). The number of pyridine rings is 1. The van der Waals surface area contributed by atoms with Crippen LogP contribution in [-0.4, -0.2) is 4.98 Å². The third kappa shape index (κ3) is 1.69. The van der Waals surface area contributed by atoms with E-state index in [4.69, 9.17) is 5.26 Å². The van der Waals surface area contributed by atoms with Gasteiger partial charge >= 0.3 is 0 Å². The fourth-order valence-corrected chi connectivity index (χ4v) is 1.74. The molecule has 0 atom stereocenters. The van der Waals surface area contributed by atoms with E-state index in [2.05, 4.69) is 23.2 Å². The van der Waals surface area contributed by atoms with Gasteiger partial charge in [0, 0.05) is 5.39 Å². The Morgan fingerprint density at radius 2 is 2.07 bits per heavy atom. The van der Waals surface area contributed by atoms with Gasteiger partial charge in [-0.15, -0.1) is 0 Å². The minimum Gasteiger partial charge on any atom is -0.251 e. The summed E-state index contributed by atoms with van der Waals surface area (Å²) in [6.45, 7) is 4.04. The van der Waals surface area contributed by atoms with Gasteiger partial charge in [-0.1, -0.05) is 18.2 Å². The van der Waals surface area contributed by atoms with E-state index in [0.717, 1.165) is 27.7 Å². The van der Waals surface area contributed by atoms with E-state index < -0.39 is 0 Å². The normalized spacial score (nSPS) is 10.2. The summed E-state index contributed by atoms with van der Waals surface area (Å²) >= 11 is 0. The van der Waals surface area contributed by atoms with Gasteiger partial charge in [-0.2, -0.15) is 5.26 Å². The lowest BCUT2D eigenvalue weighted by atomic mass is 10.1. The molecule has 2 heteroatoms. The van der Waals surface area contributed by atoms with Gasteiger partial charge in [0.1, 0.15) is 0 Å². The number of hydrogen-bond acceptors (Lipinski definition) is 2. The van der Waals surface area contributed by atoms with E-state index >= 15 is 0 Å². The maximum atomic E-state index is 8.70. The van der Waals surface area contributed by atoms with E-state index in [0.29, 0.717) is 6.42 Å². The molecule has 15 heavy (non-hydrogen) atoms. The van der Waals surface area contributed by atoms with Gasteiger partial charge in [0.2, 0.25) is 0 Å². The van der Waals surface area contributed by atoms with Crippen molar-refractivity contribution in [1.29, 1.82) is 5.26 Å². The Morgan fingerprint density at radius 1 is 1.27 bits per heavy atom. The molecular weight excluding hydrogens is 184 g/mol. The summed E-state index contributed by atoms with van der Waals surface area (Å²) in [6.07, 6.45) is 0.385. The molecule has 0 radical (unpaired) electrons. The molecule has 0 spiro atoms. The fourth-order valence-electron chi connectivity index (χ4n) is 1.74. The zero-order valence-electron chi connectivity index (χ0n) is 8.91.